The predicted octanol–water partition coefficient (Wildman–Crippen LogP) is 2.00. The molecule has 2 heteroatoms. The van der Waals surface area contributed by atoms with Crippen molar-refractivity contribution in [2.75, 3.05) is 13.1 Å². The topological polar surface area (TPSA) is 38.0 Å². The molecule has 0 rings (SSSR count). The van der Waals surface area contributed by atoms with Gasteiger partial charge in [0.25, 0.3) is 0 Å². The third-order valence-corrected chi connectivity index (χ3v) is 2.90. The molecule has 0 radical (unpaired) electrons. The van der Waals surface area contributed by atoms with E-state index in [-0.39, 0.29) is 0 Å². The fourth-order valence-corrected chi connectivity index (χ4v) is 1.06. The third-order valence-electron chi connectivity index (χ3n) is 2.90. The van der Waals surface area contributed by atoms with Crippen LogP contribution in [-0.2, 0) is 0 Å². The summed E-state index contributed by atoms with van der Waals surface area (Å²) >= 11 is 0. The highest BCUT2D eigenvalue weighted by Gasteiger charge is 2.19. The lowest BCUT2D eigenvalue weighted by Gasteiger charge is -2.27. The van der Waals surface area contributed by atoms with E-state index < -0.39 is 0 Å². The van der Waals surface area contributed by atoms with Crippen molar-refractivity contribution in [3.05, 3.63) is 0 Å². The number of nitrogens with one attached hydrogen (secondary N) is 1. The molecule has 0 aromatic rings. The average Bonchev–Trinajstić information content (AvgIpc) is 2.02. The standard InChI is InChI=1S/C11H26N2/c1-9(11(3,4)5)6-7-13-10(2)8-12/h9-10,13H,6-8,12H2,1-5H3. The SMILES string of the molecule is CC(CN)NCCC(C)C(C)(C)C. The first kappa shape index (κ1) is 12.9. The van der Waals surface area contributed by atoms with Crippen molar-refractivity contribution >= 4 is 0 Å². The zero-order valence-electron chi connectivity index (χ0n) is 9.85. The Hall–Kier alpha value is -0.0800. The molecule has 0 aliphatic rings. The second-order valence-electron chi connectivity index (χ2n) is 5.15. The molecule has 2 nitrogen and oxygen atoms in total. The van der Waals surface area contributed by atoms with Crippen molar-refractivity contribution in [2.24, 2.45) is 17.1 Å². The van der Waals surface area contributed by atoms with Crippen LogP contribution in [0.3, 0.4) is 0 Å². The van der Waals surface area contributed by atoms with Crippen molar-refractivity contribution in [1.82, 2.24) is 5.32 Å². The van der Waals surface area contributed by atoms with Crippen molar-refractivity contribution < 1.29 is 0 Å². The lowest BCUT2D eigenvalue weighted by atomic mass is 9.80. The lowest BCUT2D eigenvalue weighted by molar-refractivity contribution is 0.243. The largest absolute Gasteiger partial charge is 0.329 e. The smallest absolute Gasteiger partial charge is 0.0161 e. The molecule has 0 bridgehead atoms. The minimum absolute atomic E-state index is 0.424. The maximum absolute atomic E-state index is 5.51. The molecule has 0 aromatic heterocycles. The van der Waals surface area contributed by atoms with Gasteiger partial charge in [0.15, 0.2) is 0 Å². The Kier molecular flexibility index (Phi) is 5.57. The first-order chi connectivity index (χ1) is 5.88. The second kappa shape index (κ2) is 5.61. The average molecular weight is 186 g/mol. The first-order valence-electron chi connectivity index (χ1n) is 5.31. The molecule has 0 aromatic carbocycles. The number of hydrogen-bond donors (Lipinski definition) is 2. The van der Waals surface area contributed by atoms with Gasteiger partial charge >= 0.3 is 0 Å². The van der Waals surface area contributed by atoms with E-state index in [1.165, 1.54) is 6.42 Å². The van der Waals surface area contributed by atoms with Gasteiger partial charge in [0.2, 0.25) is 0 Å². The molecule has 0 heterocycles. The monoisotopic (exact) mass is 186 g/mol. The van der Waals surface area contributed by atoms with Gasteiger partial charge in [-0.25, -0.2) is 0 Å². The van der Waals surface area contributed by atoms with Crippen LogP contribution in [0.15, 0.2) is 0 Å². The Balaban J connectivity index is 3.54. The molecule has 80 valence electrons. The van der Waals surface area contributed by atoms with E-state index in [9.17, 15) is 0 Å². The molecular weight excluding hydrogens is 160 g/mol. The van der Waals surface area contributed by atoms with Gasteiger partial charge in [-0.2, -0.15) is 0 Å². The van der Waals surface area contributed by atoms with Gasteiger partial charge in [-0.1, -0.05) is 27.7 Å². The number of hydrogen-bond acceptors (Lipinski definition) is 2. The van der Waals surface area contributed by atoms with Crippen molar-refractivity contribution in [2.45, 2.75) is 47.1 Å². The Morgan fingerprint density at radius 1 is 1.23 bits per heavy atom. The molecule has 0 saturated heterocycles. The summed E-state index contributed by atoms with van der Waals surface area (Å²) in [6.45, 7) is 13.1. The van der Waals surface area contributed by atoms with Gasteiger partial charge in [-0.15, -0.1) is 0 Å². The van der Waals surface area contributed by atoms with Crippen molar-refractivity contribution in [3.8, 4) is 0 Å². The molecule has 0 saturated carbocycles. The second-order valence-corrected chi connectivity index (χ2v) is 5.15. The fourth-order valence-electron chi connectivity index (χ4n) is 1.06. The van der Waals surface area contributed by atoms with Crippen LogP contribution in [0.5, 0.6) is 0 Å². The summed E-state index contributed by atoms with van der Waals surface area (Å²) in [6, 6.07) is 0.451. The van der Waals surface area contributed by atoms with E-state index in [0.29, 0.717) is 11.5 Å². The van der Waals surface area contributed by atoms with Gasteiger partial charge in [-0.3, -0.25) is 0 Å². The van der Waals surface area contributed by atoms with Gasteiger partial charge in [-0.05, 0) is 31.2 Å². The normalized spacial score (nSPS) is 17.1. The highest BCUT2D eigenvalue weighted by atomic mass is 14.9. The predicted molar refractivity (Wildman–Crippen MR) is 59.8 cm³/mol. The highest BCUT2D eigenvalue weighted by molar-refractivity contribution is 4.71. The summed E-state index contributed by atoms with van der Waals surface area (Å²) in [4.78, 5) is 0. The Bertz CT molecular complexity index is 127. The van der Waals surface area contributed by atoms with E-state index in [4.69, 9.17) is 5.73 Å². The minimum atomic E-state index is 0.424. The van der Waals surface area contributed by atoms with E-state index in [0.717, 1.165) is 19.0 Å². The molecule has 2 unspecified atom stereocenters. The minimum Gasteiger partial charge on any atom is -0.329 e. The third kappa shape index (κ3) is 6.05. The lowest BCUT2D eigenvalue weighted by Crippen LogP contribution is -2.35. The molecular formula is C11H26N2. The summed E-state index contributed by atoms with van der Waals surface area (Å²) in [7, 11) is 0. The Morgan fingerprint density at radius 3 is 2.15 bits per heavy atom. The van der Waals surface area contributed by atoms with Gasteiger partial charge in [0, 0.05) is 12.6 Å². The van der Waals surface area contributed by atoms with Crippen LogP contribution in [0, 0.1) is 11.3 Å². The van der Waals surface area contributed by atoms with E-state index in [2.05, 4.69) is 39.9 Å². The van der Waals surface area contributed by atoms with Crippen LogP contribution in [-0.4, -0.2) is 19.1 Å². The van der Waals surface area contributed by atoms with Crippen LogP contribution in [0.1, 0.15) is 41.0 Å². The van der Waals surface area contributed by atoms with Crippen LogP contribution < -0.4 is 11.1 Å². The zero-order valence-corrected chi connectivity index (χ0v) is 9.85. The van der Waals surface area contributed by atoms with E-state index >= 15 is 0 Å². The fraction of sp³-hybridized carbons (Fsp3) is 1.00. The number of rotatable bonds is 5. The molecule has 0 spiro atoms. The molecule has 0 aliphatic heterocycles. The maximum atomic E-state index is 5.51. The highest BCUT2D eigenvalue weighted by Crippen LogP contribution is 2.27. The van der Waals surface area contributed by atoms with Crippen LogP contribution >= 0.6 is 0 Å². The van der Waals surface area contributed by atoms with Crippen molar-refractivity contribution in [1.29, 1.82) is 0 Å². The molecule has 2 atom stereocenters. The molecule has 13 heavy (non-hydrogen) atoms. The maximum Gasteiger partial charge on any atom is 0.0161 e. The summed E-state index contributed by atoms with van der Waals surface area (Å²) in [5.41, 5.74) is 5.94. The van der Waals surface area contributed by atoms with Crippen LogP contribution in [0.25, 0.3) is 0 Å². The molecule has 0 fully saturated rings. The Morgan fingerprint density at radius 2 is 1.77 bits per heavy atom. The summed E-state index contributed by atoms with van der Waals surface area (Å²) in [6.07, 6.45) is 1.23. The molecule has 0 amide bonds. The van der Waals surface area contributed by atoms with Crippen LogP contribution in [0.2, 0.25) is 0 Å². The molecule has 3 N–H and O–H groups in total. The summed E-state index contributed by atoms with van der Waals surface area (Å²) in [5.74, 6) is 0.755. The van der Waals surface area contributed by atoms with Crippen LogP contribution in [0.4, 0.5) is 0 Å². The Labute approximate surface area is 83.3 Å². The van der Waals surface area contributed by atoms with E-state index in [1.54, 1.807) is 0 Å². The van der Waals surface area contributed by atoms with Gasteiger partial charge in [0.1, 0.15) is 0 Å². The van der Waals surface area contributed by atoms with E-state index in [1.807, 2.05) is 0 Å². The summed E-state index contributed by atoms with van der Waals surface area (Å²) in [5, 5.41) is 3.41. The van der Waals surface area contributed by atoms with Gasteiger partial charge in [0.05, 0.1) is 0 Å². The molecule has 0 aliphatic carbocycles. The summed E-state index contributed by atoms with van der Waals surface area (Å²) < 4.78 is 0. The first-order valence-corrected chi connectivity index (χ1v) is 5.31. The van der Waals surface area contributed by atoms with Gasteiger partial charge < -0.3 is 11.1 Å². The number of nitrogens with two attached hydrogens (primary N) is 1. The zero-order chi connectivity index (χ0) is 10.5. The quantitative estimate of drug-likeness (QED) is 0.689. The van der Waals surface area contributed by atoms with Crippen molar-refractivity contribution in [3.63, 3.8) is 0 Å².